The molecule has 11 aromatic rings. The van der Waals surface area contributed by atoms with E-state index in [0.717, 1.165) is 5.69 Å². The van der Waals surface area contributed by atoms with Crippen molar-refractivity contribution in [3.05, 3.63) is 212 Å². The first kappa shape index (κ1) is 31.3. The molecule has 0 spiro atoms. The number of benzene rings is 10. The van der Waals surface area contributed by atoms with Gasteiger partial charge in [-0.15, -0.1) is 0 Å². The van der Waals surface area contributed by atoms with E-state index in [1.54, 1.807) is 0 Å². The normalized spacial score (nSPS) is 11.6. The Hall–Kier alpha value is -7.22. The summed E-state index contributed by atoms with van der Waals surface area (Å²) >= 11 is 0. The molecule has 0 unspecified atom stereocenters. The summed E-state index contributed by atoms with van der Waals surface area (Å²) in [5.74, 6) is 0. The van der Waals surface area contributed by atoms with E-state index in [-0.39, 0.29) is 0 Å². The van der Waals surface area contributed by atoms with Gasteiger partial charge in [-0.25, -0.2) is 0 Å². The summed E-state index contributed by atoms with van der Waals surface area (Å²) in [7, 11) is 0. The van der Waals surface area contributed by atoms with Gasteiger partial charge in [0.15, 0.2) is 0 Å². The van der Waals surface area contributed by atoms with E-state index in [0.29, 0.717) is 0 Å². The number of nitrogens with zero attached hydrogens (tertiary/aromatic N) is 1. The molecule has 0 amide bonds. The SMILES string of the molecule is c1ccc2cc(-c3ccc4cc(-c5ccc(-n6c7ccccc7c7cc(-c8ccc(-c9cccc%10ccccc9%10)cc8)ccc76)cc5)ccc4c3)ccc2c1. The molecule has 0 atom stereocenters. The Bertz CT molecular complexity index is 3230. The topological polar surface area (TPSA) is 4.93 Å². The van der Waals surface area contributed by atoms with E-state index < -0.39 is 0 Å². The van der Waals surface area contributed by atoms with Gasteiger partial charge in [0.1, 0.15) is 0 Å². The Morgan fingerprint density at radius 1 is 0.236 bits per heavy atom. The first-order chi connectivity index (χ1) is 27.2. The van der Waals surface area contributed by atoms with Crippen LogP contribution >= 0.6 is 0 Å². The van der Waals surface area contributed by atoms with Crippen LogP contribution in [0.15, 0.2) is 212 Å². The van der Waals surface area contributed by atoms with Crippen molar-refractivity contribution >= 4 is 54.1 Å². The minimum atomic E-state index is 1.16. The van der Waals surface area contributed by atoms with Crippen LogP contribution in [0.2, 0.25) is 0 Å². The van der Waals surface area contributed by atoms with E-state index >= 15 is 0 Å². The standard InChI is InChI=1S/C54H35N/c1-2-10-41-32-43(21-18-36(41)8-1)46-25-24-44-33-42(22-23-45(44)34-46)38-26-29-48(30-27-38)55-53-15-6-5-13-51(53)52-35-47(28-31-54(52)55)37-16-19-40(20-17-37)50-14-7-11-39-9-3-4-12-49(39)50/h1-35H. The summed E-state index contributed by atoms with van der Waals surface area (Å²) in [5.41, 5.74) is 13.4. The van der Waals surface area contributed by atoms with Gasteiger partial charge >= 0.3 is 0 Å². The summed E-state index contributed by atoms with van der Waals surface area (Å²) in [6, 6.07) is 77.8. The molecule has 0 aliphatic heterocycles. The van der Waals surface area contributed by atoms with Crippen LogP contribution in [-0.4, -0.2) is 4.57 Å². The molecule has 0 saturated carbocycles. The molecule has 0 bridgehead atoms. The number of aromatic nitrogens is 1. The van der Waals surface area contributed by atoms with Crippen LogP contribution in [0.25, 0.3) is 104 Å². The maximum atomic E-state index is 2.40. The zero-order valence-electron chi connectivity index (χ0n) is 30.2. The number of hydrogen-bond acceptors (Lipinski definition) is 0. The summed E-state index contributed by atoms with van der Waals surface area (Å²) in [6.45, 7) is 0. The van der Waals surface area contributed by atoms with Crippen molar-refractivity contribution in [2.45, 2.75) is 0 Å². The first-order valence-corrected chi connectivity index (χ1v) is 19.0. The van der Waals surface area contributed by atoms with Gasteiger partial charge in [0.2, 0.25) is 0 Å². The minimum absolute atomic E-state index is 1.16. The van der Waals surface area contributed by atoms with E-state index in [9.17, 15) is 0 Å². The highest BCUT2D eigenvalue weighted by Gasteiger charge is 2.14. The molecule has 1 nitrogen and oxygen atoms in total. The van der Waals surface area contributed by atoms with Crippen LogP contribution in [0.3, 0.4) is 0 Å². The second kappa shape index (κ2) is 12.7. The third kappa shape index (κ3) is 5.40. The van der Waals surface area contributed by atoms with Crippen molar-refractivity contribution in [1.29, 1.82) is 0 Å². The van der Waals surface area contributed by atoms with Gasteiger partial charge < -0.3 is 4.57 Å². The molecule has 0 aliphatic rings. The number of hydrogen-bond donors (Lipinski definition) is 0. The van der Waals surface area contributed by atoms with Crippen LogP contribution in [0, 0.1) is 0 Å². The van der Waals surface area contributed by atoms with Crippen LogP contribution in [0.4, 0.5) is 0 Å². The lowest BCUT2D eigenvalue weighted by atomic mass is 9.96. The highest BCUT2D eigenvalue weighted by atomic mass is 15.0. The largest absolute Gasteiger partial charge is 0.309 e. The van der Waals surface area contributed by atoms with Crippen molar-refractivity contribution in [1.82, 2.24) is 4.57 Å². The molecule has 256 valence electrons. The quantitative estimate of drug-likeness (QED) is 0.169. The fourth-order valence-corrected chi connectivity index (χ4v) is 8.53. The zero-order chi connectivity index (χ0) is 36.3. The average Bonchev–Trinajstić information content (AvgIpc) is 3.59. The molecular weight excluding hydrogens is 663 g/mol. The lowest BCUT2D eigenvalue weighted by Gasteiger charge is -2.11. The highest BCUT2D eigenvalue weighted by Crippen LogP contribution is 2.37. The minimum Gasteiger partial charge on any atom is -0.309 e. The molecule has 0 fully saturated rings. The lowest BCUT2D eigenvalue weighted by molar-refractivity contribution is 1.18. The fraction of sp³-hybridized carbons (Fsp3) is 0. The molecular formula is C54H35N. The molecule has 55 heavy (non-hydrogen) atoms. The Balaban J connectivity index is 0.908. The van der Waals surface area contributed by atoms with Crippen molar-refractivity contribution in [3.8, 4) is 50.2 Å². The summed E-state index contributed by atoms with van der Waals surface area (Å²) in [6.07, 6.45) is 0. The van der Waals surface area contributed by atoms with E-state index in [2.05, 4.69) is 217 Å². The number of fused-ring (bicyclic) bond motifs is 6. The smallest absolute Gasteiger partial charge is 0.0541 e. The average molecular weight is 698 g/mol. The van der Waals surface area contributed by atoms with Gasteiger partial charge in [-0.05, 0) is 125 Å². The van der Waals surface area contributed by atoms with Crippen LogP contribution in [-0.2, 0) is 0 Å². The molecule has 11 rings (SSSR count). The summed E-state index contributed by atoms with van der Waals surface area (Å²) < 4.78 is 2.40. The van der Waals surface area contributed by atoms with Gasteiger partial charge in [-0.3, -0.25) is 0 Å². The van der Waals surface area contributed by atoms with Crippen molar-refractivity contribution in [2.24, 2.45) is 0 Å². The highest BCUT2D eigenvalue weighted by molar-refractivity contribution is 6.10. The number of para-hydroxylation sites is 1. The Morgan fingerprint density at radius 3 is 1.42 bits per heavy atom. The Morgan fingerprint density at radius 2 is 0.691 bits per heavy atom. The van der Waals surface area contributed by atoms with Gasteiger partial charge in [-0.1, -0.05) is 164 Å². The monoisotopic (exact) mass is 697 g/mol. The van der Waals surface area contributed by atoms with Gasteiger partial charge in [0.25, 0.3) is 0 Å². The van der Waals surface area contributed by atoms with Crippen LogP contribution in [0.5, 0.6) is 0 Å². The van der Waals surface area contributed by atoms with Crippen molar-refractivity contribution in [2.75, 3.05) is 0 Å². The predicted octanol–water partition coefficient (Wildman–Crippen LogP) is 14.9. The van der Waals surface area contributed by atoms with Gasteiger partial charge in [0.05, 0.1) is 11.0 Å². The lowest BCUT2D eigenvalue weighted by Crippen LogP contribution is -1.93. The van der Waals surface area contributed by atoms with E-state index in [1.807, 2.05) is 0 Å². The zero-order valence-corrected chi connectivity index (χ0v) is 30.2. The fourth-order valence-electron chi connectivity index (χ4n) is 8.53. The van der Waals surface area contributed by atoms with E-state index in [4.69, 9.17) is 0 Å². The molecule has 1 heteroatoms. The molecule has 0 N–H and O–H groups in total. The molecule has 0 aliphatic carbocycles. The number of rotatable bonds is 5. The maximum absolute atomic E-state index is 2.40. The van der Waals surface area contributed by atoms with Crippen LogP contribution < -0.4 is 0 Å². The van der Waals surface area contributed by atoms with Crippen LogP contribution in [0.1, 0.15) is 0 Å². The molecule has 10 aromatic carbocycles. The second-order valence-electron chi connectivity index (χ2n) is 14.6. The summed E-state index contributed by atoms with van der Waals surface area (Å²) in [4.78, 5) is 0. The second-order valence-corrected chi connectivity index (χ2v) is 14.6. The third-order valence-corrected chi connectivity index (χ3v) is 11.4. The van der Waals surface area contributed by atoms with E-state index in [1.165, 1.54) is 98.6 Å². The third-order valence-electron chi connectivity index (χ3n) is 11.4. The molecule has 0 saturated heterocycles. The molecule has 1 heterocycles. The van der Waals surface area contributed by atoms with Gasteiger partial charge in [-0.2, -0.15) is 0 Å². The molecule has 1 aromatic heterocycles. The predicted molar refractivity (Wildman–Crippen MR) is 235 cm³/mol. The van der Waals surface area contributed by atoms with Gasteiger partial charge in [0, 0.05) is 16.5 Å². The maximum Gasteiger partial charge on any atom is 0.0541 e. The summed E-state index contributed by atoms with van der Waals surface area (Å²) in [5, 5.41) is 10.1. The first-order valence-electron chi connectivity index (χ1n) is 19.0. The van der Waals surface area contributed by atoms with Crippen molar-refractivity contribution in [3.63, 3.8) is 0 Å². The molecule has 0 radical (unpaired) electrons. The Labute approximate surface area is 320 Å². The van der Waals surface area contributed by atoms with Crippen molar-refractivity contribution < 1.29 is 0 Å². The Kier molecular flexibility index (Phi) is 7.25.